The Bertz CT molecular complexity index is 607. The van der Waals surface area contributed by atoms with Crippen molar-refractivity contribution >= 4 is 0 Å². The SMILES string of the molecule is COc1ccc(CC(C)NCC(C)(O)c2ccco2)cc1OC. The molecule has 2 rings (SSSR count). The highest BCUT2D eigenvalue weighted by atomic mass is 16.5. The molecule has 2 N–H and O–H groups in total. The molecule has 23 heavy (non-hydrogen) atoms. The third-order valence-corrected chi connectivity index (χ3v) is 3.84. The lowest BCUT2D eigenvalue weighted by Crippen LogP contribution is -2.40. The van der Waals surface area contributed by atoms with Crippen LogP contribution in [0.1, 0.15) is 25.2 Å². The number of ether oxygens (including phenoxy) is 2. The molecular formula is C18H25NO4. The van der Waals surface area contributed by atoms with Crippen LogP contribution in [0.3, 0.4) is 0 Å². The molecule has 0 bridgehead atoms. The summed E-state index contributed by atoms with van der Waals surface area (Å²) in [5.74, 6) is 2.00. The Labute approximate surface area is 137 Å². The fourth-order valence-corrected chi connectivity index (χ4v) is 2.48. The molecule has 0 aliphatic rings. The molecule has 0 fully saturated rings. The van der Waals surface area contributed by atoms with Gasteiger partial charge in [0.2, 0.25) is 0 Å². The van der Waals surface area contributed by atoms with Gasteiger partial charge in [-0.2, -0.15) is 0 Å². The first kappa shape index (κ1) is 17.4. The third-order valence-electron chi connectivity index (χ3n) is 3.84. The summed E-state index contributed by atoms with van der Waals surface area (Å²) in [6.07, 6.45) is 2.38. The summed E-state index contributed by atoms with van der Waals surface area (Å²) < 4.78 is 15.9. The zero-order chi connectivity index (χ0) is 16.9. The van der Waals surface area contributed by atoms with E-state index in [1.165, 1.54) is 0 Å². The van der Waals surface area contributed by atoms with Gasteiger partial charge in [0.05, 0.1) is 20.5 Å². The second-order valence-corrected chi connectivity index (χ2v) is 5.93. The summed E-state index contributed by atoms with van der Waals surface area (Å²) in [5, 5.41) is 13.8. The lowest BCUT2D eigenvalue weighted by Gasteiger charge is -2.24. The molecule has 0 aliphatic carbocycles. The highest BCUT2D eigenvalue weighted by Crippen LogP contribution is 2.28. The molecule has 0 saturated heterocycles. The second-order valence-electron chi connectivity index (χ2n) is 5.93. The van der Waals surface area contributed by atoms with Gasteiger partial charge in [0.15, 0.2) is 11.5 Å². The Hall–Kier alpha value is -1.98. The average Bonchev–Trinajstić information content (AvgIpc) is 3.08. The van der Waals surface area contributed by atoms with Gasteiger partial charge in [0, 0.05) is 12.6 Å². The topological polar surface area (TPSA) is 63.9 Å². The van der Waals surface area contributed by atoms with Crippen LogP contribution in [0.25, 0.3) is 0 Å². The van der Waals surface area contributed by atoms with Crippen molar-refractivity contribution in [2.45, 2.75) is 31.9 Å². The maximum atomic E-state index is 10.4. The Balaban J connectivity index is 1.93. The smallest absolute Gasteiger partial charge is 0.160 e. The van der Waals surface area contributed by atoms with Crippen LogP contribution >= 0.6 is 0 Å². The van der Waals surface area contributed by atoms with Crippen LogP contribution in [0.5, 0.6) is 11.5 Å². The number of rotatable bonds is 8. The zero-order valence-electron chi connectivity index (χ0n) is 14.1. The number of hydrogen-bond donors (Lipinski definition) is 2. The van der Waals surface area contributed by atoms with Crippen LogP contribution in [0, 0.1) is 0 Å². The standard InChI is InChI=1S/C18H25NO4/c1-13(19-12-18(2,20)17-6-5-9-23-17)10-14-7-8-15(21-3)16(11-14)22-4/h5-9,11,13,19-20H,10,12H2,1-4H3. The van der Waals surface area contributed by atoms with Crippen molar-refractivity contribution in [2.24, 2.45) is 0 Å². The van der Waals surface area contributed by atoms with Crippen molar-refractivity contribution in [3.8, 4) is 11.5 Å². The van der Waals surface area contributed by atoms with Gasteiger partial charge in [-0.1, -0.05) is 6.07 Å². The first-order chi connectivity index (χ1) is 11.0. The molecule has 0 saturated carbocycles. The van der Waals surface area contributed by atoms with Crippen LogP contribution in [0.2, 0.25) is 0 Å². The van der Waals surface area contributed by atoms with Crippen LogP contribution in [-0.2, 0) is 12.0 Å². The maximum Gasteiger partial charge on any atom is 0.160 e. The van der Waals surface area contributed by atoms with Gasteiger partial charge < -0.3 is 24.3 Å². The van der Waals surface area contributed by atoms with E-state index in [9.17, 15) is 5.11 Å². The Morgan fingerprint density at radius 1 is 1.22 bits per heavy atom. The van der Waals surface area contributed by atoms with Crippen molar-refractivity contribution in [3.63, 3.8) is 0 Å². The first-order valence-corrected chi connectivity index (χ1v) is 7.67. The molecule has 2 unspecified atom stereocenters. The minimum Gasteiger partial charge on any atom is -0.493 e. The van der Waals surface area contributed by atoms with Gasteiger partial charge in [-0.25, -0.2) is 0 Å². The van der Waals surface area contributed by atoms with Crippen molar-refractivity contribution in [2.75, 3.05) is 20.8 Å². The van der Waals surface area contributed by atoms with E-state index >= 15 is 0 Å². The quantitative estimate of drug-likeness (QED) is 0.783. The lowest BCUT2D eigenvalue weighted by atomic mass is 10.0. The molecule has 0 amide bonds. The fourth-order valence-electron chi connectivity index (χ4n) is 2.48. The summed E-state index contributed by atoms with van der Waals surface area (Å²) in [6, 6.07) is 9.64. The molecule has 1 aromatic carbocycles. The number of aliphatic hydroxyl groups is 1. The normalized spacial score (nSPS) is 15.0. The molecule has 2 aromatic rings. The summed E-state index contributed by atoms with van der Waals surface area (Å²) in [4.78, 5) is 0. The molecular weight excluding hydrogens is 294 g/mol. The summed E-state index contributed by atoms with van der Waals surface area (Å²) in [5.41, 5.74) is 0.107. The van der Waals surface area contributed by atoms with Crippen LogP contribution < -0.4 is 14.8 Å². The molecule has 2 atom stereocenters. The second kappa shape index (κ2) is 7.53. The maximum absolute atomic E-state index is 10.4. The number of benzene rings is 1. The van der Waals surface area contributed by atoms with Crippen LogP contribution in [0.4, 0.5) is 0 Å². The lowest BCUT2D eigenvalue weighted by molar-refractivity contribution is 0.0321. The van der Waals surface area contributed by atoms with E-state index in [1.54, 1.807) is 39.5 Å². The van der Waals surface area contributed by atoms with E-state index in [4.69, 9.17) is 13.9 Å². The average molecular weight is 319 g/mol. The Kier molecular flexibility index (Phi) is 5.69. The van der Waals surface area contributed by atoms with Gasteiger partial charge in [-0.15, -0.1) is 0 Å². The third kappa shape index (κ3) is 4.50. The minimum atomic E-state index is -1.03. The largest absolute Gasteiger partial charge is 0.493 e. The Morgan fingerprint density at radius 3 is 2.57 bits per heavy atom. The van der Waals surface area contributed by atoms with Crippen LogP contribution in [0.15, 0.2) is 41.0 Å². The minimum absolute atomic E-state index is 0.189. The molecule has 5 nitrogen and oxygen atoms in total. The van der Waals surface area contributed by atoms with E-state index in [0.29, 0.717) is 12.3 Å². The molecule has 5 heteroatoms. The van der Waals surface area contributed by atoms with Gasteiger partial charge in [-0.3, -0.25) is 0 Å². The monoisotopic (exact) mass is 319 g/mol. The first-order valence-electron chi connectivity index (χ1n) is 7.67. The summed E-state index contributed by atoms with van der Waals surface area (Å²) in [7, 11) is 3.25. The molecule has 1 heterocycles. The van der Waals surface area contributed by atoms with Crippen molar-refractivity contribution in [1.82, 2.24) is 5.32 Å². The van der Waals surface area contributed by atoms with E-state index in [-0.39, 0.29) is 6.04 Å². The number of furan rings is 1. The summed E-state index contributed by atoms with van der Waals surface area (Å²) >= 11 is 0. The van der Waals surface area contributed by atoms with Gasteiger partial charge in [-0.05, 0) is 50.1 Å². The van der Waals surface area contributed by atoms with Gasteiger partial charge in [0.25, 0.3) is 0 Å². The predicted molar refractivity (Wildman–Crippen MR) is 89.0 cm³/mol. The fraction of sp³-hybridized carbons (Fsp3) is 0.444. The van der Waals surface area contributed by atoms with E-state index in [0.717, 1.165) is 23.5 Å². The number of hydrogen-bond acceptors (Lipinski definition) is 5. The molecule has 126 valence electrons. The molecule has 0 aliphatic heterocycles. The van der Waals surface area contributed by atoms with Crippen molar-refractivity contribution < 1.29 is 19.0 Å². The van der Waals surface area contributed by atoms with Crippen molar-refractivity contribution in [3.05, 3.63) is 47.9 Å². The predicted octanol–water partition coefficient (Wildman–Crippen LogP) is 2.73. The van der Waals surface area contributed by atoms with E-state index in [1.807, 2.05) is 18.2 Å². The van der Waals surface area contributed by atoms with Crippen molar-refractivity contribution in [1.29, 1.82) is 0 Å². The number of methoxy groups -OCH3 is 2. The molecule has 0 radical (unpaired) electrons. The van der Waals surface area contributed by atoms with Gasteiger partial charge in [0.1, 0.15) is 11.4 Å². The summed E-state index contributed by atoms with van der Waals surface area (Å²) in [6.45, 7) is 4.23. The highest BCUT2D eigenvalue weighted by Gasteiger charge is 2.26. The Morgan fingerprint density at radius 2 is 1.96 bits per heavy atom. The molecule has 1 aromatic heterocycles. The van der Waals surface area contributed by atoms with Crippen LogP contribution in [-0.4, -0.2) is 31.9 Å². The molecule has 0 spiro atoms. The highest BCUT2D eigenvalue weighted by molar-refractivity contribution is 5.43. The van der Waals surface area contributed by atoms with Gasteiger partial charge >= 0.3 is 0 Å². The van der Waals surface area contributed by atoms with E-state index in [2.05, 4.69) is 12.2 Å². The number of nitrogens with one attached hydrogen (secondary N) is 1. The zero-order valence-corrected chi connectivity index (χ0v) is 14.1. The van der Waals surface area contributed by atoms with E-state index < -0.39 is 5.60 Å².